The van der Waals surface area contributed by atoms with E-state index >= 15 is 0 Å². The van der Waals surface area contributed by atoms with Gasteiger partial charge in [0.2, 0.25) is 0 Å². The minimum atomic E-state index is -1.14. The molecule has 142 valence electrons. The Labute approximate surface area is 175 Å². The van der Waals surface area contributed by atoms with Crippen LogP contribution in [-0.4, -0.2) is 33.4 Å². The number of carboxylic acids is 1. The second kappa shape index (κ2) is 7.17. The summed E-state index contributed by atoms with van der Waals surface area (Å²) in [5.41, 5.74) is 2.33. The Morgan fingerprint density at radius 1 is 1.04 bits per heavy atom. The van der Waals surface area contributed by atoms with E-state index in [0.29, 0.717) is 28.7 Å². The largest absolute Gasteiger partial charge is 0.478 e. The SMILES string of the molecule is O=C(O)C1=CN(C(=O)c2ccc(Cl)cc2Cl)CCc2c1[nH]c1ccc(Cl)cc21. The van der Waals surface area contributed by atoms with Gasteiger partial charge in [-0.1, -0.05) is 34.8 Å². The van der Waals surface area contributed by atoms with Crippen LogP contribution in [-0.2, 0) is 11.2 Å². The lowest BCUT2D eigenvalue weighted by Gasteiger charge is -2.18. The molecule has 4 rings (SSSR count). The van der Waals surface area contributed by atoms with Crippen LogP contribution < -0.4 is 0 Å². The minimum absolute atomic E-state index is 0.00161. The summed E-state index contributed by atoms with van der Waals surface area (Å²) in [7, 11) is 0. The molecule has 2 aromatic carbocycles. The van der Waals surface area contributed by atoms with Crippen LogP contribution in [0.25, 0.3) is 16.5 Å². The highest BCUT2D eigenvalue weighted by Crippen LogP contribution is 2.33. The highest BCUT2D eigenvalue weighted by atomic mass is 35.5. The minimum Gasteiger partial charge on any atom is -0.478 e. The monoisotopic (exact) mass is 434 g/mol. The molecular formula is C20H13Cl3N2O3. The number of nitrogens with zero attached hydrogens (tertiary/aromatic N) is 1. The molecule has 8 heteroatoms. The summed E-state index contributed by atoms with van der Waals surface area (Å²) < 4.78 is 0. The maximum absolute atomic E-state index is 13.0. The van der Waals surface area contributed by atoms with Crippen molar-refractivity contribution in [2.75, 3.05) is 6.54 Å². The molecule has 3 aromatic rings. The van der Waals surface area contributed by atoms with Gasteiger partial charge in [0.25, 0.3) is 5.91 Å². The van der Waals surface area contributed by atoms with Crippen molar-refractivity contribution in [1.29, 1.82) is 0 Å². The number of hydrogen-bond donors (Lipinski definition) is 2. The molecule has 2 N–H and O–H groups in total. The van der Waals surface area contributed by atoms with E-state index in [2.05, 4.69) is 4.98 Å². The molecular weight excluding hydrogens is 423 g/mol. The number of nitrogens with one attached hydrogen (secondary N) is 1. The molecule has 1 aliphatic rings. The third-order valence-electron chi connectivity index (χ3n) is 4.68. The van der Waals surface area contributed by atoms with Crippen molar-refractivity contribution in [1.82, 2.24) is 9.88 Å². The predicted molar refractivity (Wildman–Crippen MR) is 110 cm³/mol. The number of aliphatic carboxylic acids is 1. The molecule has 0 aliphatic carbocycles. The molecule has 0 saturated carbocycles. The molecule has 0 bridgehead atoms. The zero-order chi connectivity index (χ0) is 20.0. The smallest absolute Gasteiger partial charge is 0.339 e. The topological polar surface area (TPSA) is 73.4 Å². The molecule has 0 atom stereocenters. The highest BCUT2D eigenvalue weighted by Gasteiger charge is 2.27. The molecule has 28 heavy (non-hydrogen) atoms. The van der Waals surface area contributed by atoms with Crippen LogP contribution in [0.2, 0.25) is 15.1 Å². The van der Waals surface area contributed by atoms with Gasteiger partial charge in [0.15, 0.2) is 0 Å². The molecule has 1 aromatic heterocycles. The molecule has 0 unspecified atom stereocenters. The van der Waals surface area contributed by atoms with Crippen LogP contribution >= 0.6 is 34.8 Å². The second-order valence-electron chi connectivity index (χ2n) is 6.39. The number of carboxylic acid groups (broad SMARTS) is 1. The van der Waals surface area contributed by atoms with E-state index in [1.807, 2.05) is 6.07 Å². The number of H-pyrrole nitrogens is 1. The molecule has 2 heterocycles. The first-order chi connectivity index (χ1) is 13.3. The average Bonchev–Trinajstić information content (AvgIpc) is 2.87. The maximum atomic E-state index is 13.0. The quantitative estimate of drug-likeness (QED) is 0.577. The standard InChI is InChI=1S/C20H13Cl3N2O3/c21-10-2-4-17-14(7-10)12-5-6-25(9-15(20(27)28)18(12)24-17)19(26)13-3-1-11(22)8-16(13)23/h1-4,7-9,24H,5-6H2,(H,27,28). The number of aromatic amines is 1. The fourth-order valence-electron chi connectivity index (χ4n) is 3.37. The fraction of sp³-hybridized carbons (Fsp3) is 0.100. The lowest BCUT2D eigenvalue weighted by atomic mass is 10.0. The molecule has 1 aliphatic heterocycles. The van der Waals surface area contributed by atoms with Gasteiger partial charge < -0.3 is 15.0 Å². The number of rotatable bonds is 2. The van der Waals surface area contributed by atoms with E-state index in [0.717, 1.165) is 16.5 Å². The van der Waals surface area contributed by atoms with Crippen LogP contribution in [0.4, 0.5) is 0 Å². The van der Waals surface area contributed by atoms with Crippen LogP contribution in [0.1, 0.15) is 21.6 Å². The summed E-state index contributed by atoms with van der Waals surface area (Å²) in [6.07, 6.45) is 1.80. The van der Waals surface area contributed by atoms with E-state index in [1.54, 1.807) is 18.2 Å². The van der Waals surface area contributed by atoms with Gasteiger partial charge in [0.05, 0.1) is 21.9 Å². The zero-order valence-electron chi connectivity index (χ0n) is 14.3. The van der Waals surface area contributed by atoms with Crippen molar-refractivity contribution in [3.05, 3.63) is 74.5 Å². The van der Waals surface area contributed by atoms with Crippen molar-refractivity contribution < 1.29 is 14.7 Å². The van der Waals surface area contributed by atoms with Gasteiger partial charge in [-0.05, 0) is 48.4 Å². The van der Waals surface area contributed by atoms with Crippen LogP contribution in [0.3, 0.4) is 0 Å². The third kappa shape index (κ3) is 3.26. The lowest BCUT2D eigenvalue weighted by molar-refractivity contribution is -0.130. The number of aromatic nitrogens is 1. The van der Waals surface area contributed by atoms with E-state index in [-0.39, 0.29) is 16.2 Å². The lowest BCUT2D eigenvalue weighted by Crippen LogP contribution is -2.28. The van der Waals surface area contributed by atoms with Crippen molar-refractivity contribution in [2.24, 2.45) is 0 Å². The van der Waals surface area contributed by atoms with Crippen molar-refractivity contribution >= 4 is 63.2 Å². The molecule has 5 nitrogen and oxygen atoms in total. The average molecular weight is 436 g/mol. The maximum Gasteiger partial charge on any atom is 0.339 e. The molecule has 0 radical (unpaired) electrons. The Morgan fingerprint density at radius 3 is 2.46 bits per heavy atom. The Hall–Kier alpha value is -2.47. The number of carbonyl (C=O) groups excluding carboxylic acids is 1. The Kier molecular flexibility index (Phi) is 4.83. The van der Waals surface area contributed by atoms with Gasteiger partial charge in [0.1, 0.15) is 0 Å². The number of halogens is 3. The zero-order valence-corrected chi connectivity index (χ0v) is 16.6. The summed E-state index contributed by atoms with van der Waals surface area (Å²) in [4.78, 5) is 29.4. The van der Waals surface area contributed by atoms with Crippen LogP contribution in [0, 0.1) is 0 Å². The fourth-order valence-corrected chi connectivity index (χ4v) is 4.03. The van der Waals surface area contributed by atoms with E-state index in [9.17, 15) is 14.7 Å². The van der Waals surface area contributed by atoms with Crippen molar-refractivity contribution in [2.45, 2.75) is 6.42 Å². The molecule has 0 saturated heterocycles. The van der Waals surface area contributed by atoms with Gasteiger partial charge in [-0.15, -0.1) is 0 Å². The highest BCUT2D eigenvalue weighted by molar-refractivity contribution is 6.36. The molecule has 0 fully saturated rings. The van der Waals surface area contributed by atoms with Crippen LogP contribution in [0.5, 0.6) is 0 Å². The first-order valence-electron chi connectivity index (χ1n) is 8.37. The second-order valence-corrected chi connectivity index (χ2v) is 7.67. The predicted octanol–water partition coefficient (Wildman–Crippen LogP) is 5.25. The van der Waals surface area contributed by atoms with Gasteiger partial charge >= 0.3 is 5.97 Å². The number of hydrogen-bond acceptors (Lipinski definition) is 2. The number of amides is 1. The first-order valence-corrected chi connectivity index (χ1v) is 9.50. The van der Waals surface area contributed by atoms with Crippen molar-refractivity contribution in [3.8, 4) is 0 Å². The Morgan fingerprint density at radius 2 is 1.75 bits per heavy atom. The summed E-state index contributed by atoms with van der Waals surface area (Å²) in [5.74, 6) is -1.53. The summed E-state index contributed by atoms with van der Waals surface area (Å²) in [5, 5.41) is 11.8. The number of benzene rings is 2. The summed E-state index contributed by atoms with van der Waals surface area (Å²) in [6, 6.07) is 9.91. The third-order valence-corrected chi connectivity index (χ3v) is 5.46. The van der Waals surface area contributed by atoms with Gasteiger partial charge in [-0.3, -0.25) is 4.79 Å². The van der Waals surface area contributed by atoms with E-state index < -0.39 is 11.9 Å². The Balaban J connectivity index is 1.80. The van der Waals surface area contributed by atoms with Gasteiger partial charge in [-0.2, -0.15) is 0 Å². The van der Waals surface area contributed by atoms with E-state index in [4.69, 9.17) is 34.8 Å². The van der Waals surface area contributed by atoms with E-state index in [1.165, 1.54) is 23.2 Å². The number of fused-ring (bicyclic) bond motifs is 3. The van der Waals surface area contributed by atoms with Gasteiger partial charge in [-0.25, -0.2) is 4.79 Å². The van der Waals surface area contributed by atoms with Crippen molar-refractivity contribution in [3.63, 3.8) is 0 Å². The normalized spacial score (nSPS) is 13.8. The summed E-state index contributed by atoms with van der Waals surface area (Å²) in [6.45, 7) is 0.293. The first kappa shape index (κ1) is 18.9. The van der Waals surface area contributed by atoms with Crippen LogP contribution in [0.15, 0.2) is 42.6 Å². The van der Waals surface area contributed by atoms with Gasteiger partial charge in [0, 0.05) is 33.7 Å². The molecule has 0 spiro atoms. The molecule has 1 amide bonds. The Bertz CT molecular complexity index is 1170. The summed E-state index contributed by atoms with van der Waals surface area (Å²) >= 11 is 18.2. The number of carbonyl (C=O) groups is 2.